The SMILES string of the molecule is Cc1ccc2c(c1)C(=O)N(CCCC(=O)OCC(=O)Nc1sc3c(c1C#N)CCCCC3)C2=O. The number of amides is 3. The fraction of sp³-hybridized carbons (Fsp3) is 0.400. The van der Waals surface area contributed by atoms with Crippen LogP contribution in [0.15, 0.2) is 18.2 Å². The molecular weight excluding hydrogens is 454 g/mol. The zero-order valence-corrected chi connectivity index (χ0v) is 19.8. The number of fused-ring (bicyclic) bond motifs is 2. The van der Waals surface area contributed by atoms with Gasteiger partial charge in [0.2, 0.25) is 0 Å². The lowest BCUT2D eigenvalue weighted by Crippen LogP contribution is -2.31. The summed E-state index contributed by atoms with van der Waals surface area (Å²) in [5.74, 6) is -1.82. The standard InChI is InChI=1S/C25H25N3O5S/c1-15-9-10-17-18(12-15)25(32)28(24(17)31)11-5-8-22(30)33-14-21(29)27-23-19(13-26)16-6-3-2-4-7-20(16)34-23/h9-10,12H,2-8,11,14H2,1H3,(H,27,29). The highest BCUT2D eigenvalue weighted by Gasteiger charge is 2.35. The molecule has 1 aromatic carbocycles. The highest BCUT2D eigenvalue weighted by atomic mass is 32.1. The number of nitrogens with one attached hydrogen (secondary N) is 1. The van der Waals surface area contributed by atoms with Crippen LogP contribution in [0.2, 0.25) is 0 Å². The predicted molar refractivity (Wildman–Crippen MR) is 126 cm³/mol. The molecular formula is C25H25N3O5S. The molecule has 176 valence electrons. The summed E-state index contributed by atoms with van der Waals surface area (Å²) < 4.78 is 5.05. The van der Waals surface area contributed by atoms with E-state index in [2.05, 4.69) is 11.4 Å². The Balaban J connectivity index is 1.24. The normalized spacial score (nSPS) is 14.8. The average Bonchev–Trinajstić information content (AvgIpc) is 3.13. The van der Waals surface area contributed by atoms with E-state index in [1.807, 2.05) is 6.92 Å². The van der Waals surface area contributed by atoms with E-state index < -0.39 is 18.5 Å². The van der Waals surface area contributed by atoms with Crippen molar-refractivity contribution in [3.05, 3.63) is 50.9 Å². The lowest BCUT2D eigenvalue weighted by Gasteiger charge is -2.13. The molecule has 0 atom stereocenters. The Kier molecular flexibility index (Phi) is 7.08. The van der Waals surface area contributed by atoms with Gasteiger partial charge >= 0.3 is 5.97 Å². The first-order valence-corrected chi connectivity index (χ1v) is 12.2. The highest BCUT2D eigenvalue weighted by Crippen LogP contribution is 2.37. The van der Waals surface area contributed by atoms with Crippen LogP contribution in [0.1, 0.15) is 74.4 Å². The first kappa shape index (κ1) is 23.6. The topological polar surface area (TPSA) is 117 Å². The molecule has 4 rings (SSSR count). The molecule has 8 nitrogen and oxygen atoms in total. The molecule has 0 saturated carbocycles. The second kappa shape index (κ2) is 10.2. The van der Waals surface area contributed by atoms with Gasteiger partial charge in [-0.2, -0.15) is 5.26 Å². The Morgan fingerprint density at radius 1 is 1.15 bits per heavy atom. The summed E-state index contributed by atoms with van der Waals surface area (Å²) in [7, 11) is 0. The molecule has 0 radical (unpaired) electrons. The first-order valence-electron chi connectivity index (χ1n) is 11.4. The number of imide groups is 1. The van der Waals surface area contributed by atoms with Crippen molar-refractivity contribution in [3.63, 3.8) is 0 Å². The largest absolute Gasteiger partial charge is 0.456 e. The van der Waals surface area contributed by atoms with Crippen molar-refractivity contribution in [2.45, 2.75) is 51.9 Å². The Hall–Kier alpha value is -3.51. The number of thiophene rings is 1. The Morgan fingerprint density at radius 2 is 1.91 bits per heavy atom. The van der Waals surface area contributed by atoms with Crippen molar-refractivity contribution >= 4 is 40.0 Å². The van der Waals surface area contributed by atoms with Crippen molar-refractivity contribution in [1.29, 1.82) is 5.26 Å². The van der Waals surface area contributed by atoms with Crippen LogP contribution in [0.3, 0.4) is 0 Å². The van der Waals surface area contributed by atoms with Crippen molar-refractivity contribution in [1.82, 2.24) is 4.90 Å². The summed E-state index contributed by atoms with van der Waals surface area (Å²) in [6.07, 6.45) is 5.19. The van der Waals surface area contributed by atoms with Crippen LogP contribution >= 0.6 is 11.3 Å². The molecule has 0 spiro atoms. The number of anilines is 1. The number of nitrogens with zero attached hydrogens (tertiary/aromatic N) is 2. The lowest BCUT2D eigenvalue weighted by molar-refractivity contribution is -0.147. The molecule has 9 heteroatoms. The second-order valence-electron chi connectivity index (χ2n) is 8.50. The maximum Gasteiger partial charge on any atom is 0.306 e. The van der Waals surface area contributed by atoms with Crippen LogP contribution in [-0.4, -0.2) is 41.7 Å². The molecule has 0 saturated heterocycles. The number of nitriles is 1. The van der Waals surface area contributed by atoms with Crippen molar-refractivity contribution in [2.24, 2.45) is 0 Å². The fourth-order valence-electron chi connectivity index (χ4n) is 4.32. The van der Waals surface area contributed by atoms with E-state index in [-0.39, 0.29) is 31.2 Å². The molecule has 34 heavy (non-hydrogen) atoms. The van der Waals surface area contributed by atoms with Crippen LogP contribution in [-0.2, 0) is 27.2 Å². The monoisotopic (exact) mass is 479 g/mol. The third-order valence-electron chi connectivity index (χ3n) is 6.04. The average molecular weight is 480 g/mol. The summed E-state index contributed by atoms with van der Waals surface area (Å²) >= 11 is 1.42. The number of hydrogen-bond acceptors (Lipinski definition) is 7. The third kappa shape index (κ3) is 4.87. The molecule has 2 aliphatic rings. The van der Waals surface area contributed by atoms with Crippen LogP contribution in [0.25, 0.3) is 0 Å². The van der Waals surface area contributed by atoms with E-state index in [0.29, 0.717) is 21.7 Å². The van der Waals surface area contributed by atoms with Gasteiger partial charge in [-0.25, -0.2) is 0 Å². The maximum absolute atomic E-state index is 12.5. The summed E-state index contributed by atoms with van der Waals surface area (Å²) in [5, 5.41) is 12.8. The molecule has 0 unspecified atom stereocenters. The van der Waals surface area contributed by atoms with Gasteiger partial charge in [0.1, 0.15) is 11.1 Å². The third-order valence-corrected chi connectivity index (χ3v) is 7.25. The van der Waals surface area contributed by atoms with E-state index in [1.54, 1.807) is 18.2 Å². The maximum atomic E-state index is 12.5. The van der Waals surface area contributed by atoms with Gasteiger partial charge in [-0.15, -0.1) is 11.3 Å². The van der Waals surface area contributed by atoms with Gasteiger partial charge in [0.15, 0.2) is 6.61 Å². The molecule has 1 N–H and O–H groups in total. The van der Waals surface area contributed by atoms with Gasteiger partial charge in [-0.3, -0.25) is 24.1 Å². The zero-order chi connectivity index (χ0) is 24.2. The van der Waals surface area contributed by atoms with Crippen LogP contribution in [0, 0.1) is 18.3 Å². The van der Waals surface area contributed by atoms with Gasteiger partial charge < -0.3 is 10.1 Å². The number of rotatable bonds is 7. The Bertz CT molecular complexity index is 1210. The van der Waals surface area contributed by atoms with Crippen molar-refractivity contribution in [3.8, 4) is 6.07 Å². The number of ether oxygens (including phenoxy) is 1. The molecule has 1 aliphatic heterocycles. The predicted octanol–water partition coefficient (Wildman–Crippen LogP) is 3.76. The summed E-state index contributed by atoms with van der Waals surface area (Å²) in [5.41, 5.74) is 3.19. The van der Waals surface area contributed by atoms with Crippen molar-refractivity contribution < 1.29 is 23.9 Å². The number of carbonyl (C=O) groups is 4. The minimum Gasteiger partial charge on any atom is -0.456 e. The van der Waals surface area contributed by atoms with Gasteiger partial charge in [-0.1, -0.05) is 18.1 Å². The summed E-state index contributed by atoms with van der Waals surface area (Å²) in [6, 6.07) is 7.31. The summed E-state index contributed by atoms with van der Waals surface area (Å²) in [6.45, 7) is 1.49. The van der Waals surface area contributed by atoms with E-state index in [9.17, 15) is 24.4 Å². The molecule has 3 amide bonds. The van der Waals surface area contributed by atoms with Gasteiger partial charge in [0.05, 0.1) is 16.7 Å². The zero-order valence-electron chi connectivity index (χ0n) is 18.9. The number of hydrogen-bond donors (Lipinski definition) is 1. The smallest absolute Gasteiger partial charge is 0.306 e. The molecule has 1 aliphatic carbocycles. The first-order chi connectivity index (χ1) is 16.4. The molecule has 2 aromatic rings. The van der Waals surface area contributed by atoms with E-state index in [4.69, 9.17) is 4.74 Å². The minimum atomic E-state index is -0.593. The van der Waals surface area contributed by atoms with Crippen LogP contribution in [0.4, 0.5) is 5.00 Å². The van der Waals surface area contributed by atoms with Crippen LogP contribution in [0.5, 0.6) is 0 Å². The Labute approximate surface area is 201 Å². The number of esters is 1. The molecule has 0 bridgehead atoms. The Morgan fingerprint density at radius 3 is 2.71 bits per heavy atom. The summed E-state index contributed by atoms with van der Waals surface area (Å²) in [4.78, 5) is 51.6. The second-order valence-corrected chi connectivity index (χ2v) is 9.61. The quantitative estimate of drug-likeness (QED) is 0.367. The number of aryl methyl sites for hydroxylation is 2. The number of carbonyl (C=O) groups excluding carboxylic acids is 4. The molecule has 2 heterocycles. The minimum absolute atomic E-state index is 0.0313. The fourth-order valence-corrected chi connectivity index (χ4v) is 5.57. The van der Waals surface area contributed by atoms with E-state index in [1.165, 1.54) is 11.3 Å². The van der Waals surface area contributed by atoms with E-state index in [0.717, 1.165) is 53.0 Å². The highest BCUT2D eigenvalue weighted by molar-refractivity contribution is 7.16. The van der Waals surface area contributed by atoms with Gasteiger partial charge in [0, 0.05) is 17.8 Å². The van der Waals surface area contributed by atoms with Crippen LogP contribution < -0.4 is 5.32 Å². The molecule has 1 aromatic heterocycles. The van der Waals surface area contributed by atoms with Crippen molar-refractivity contribution in [2.75, 3.05) is 18.5 Å². The van der Waals surface area contributed by atoms with Gasteiger partial charge in [-0.05, 0) is 56.7 Å². The van der Waals surface area contributed by atoms with E-state index >= 15 is 0 Å². The molecule has 0 fully saturated rings. The lowest BCUT2D eigenvalue weighted by atomic mass is 10.1. The van der Waals surface area contributed by atoms with Gasteiger partial charge in [0.25, 0.3) is 17.7 Å². The number of benzene rings is 1.